The molecular weight excluding hydrogens is 346 g/mol. The van der Waals surface area contributed by atoms with E-state index in [1.807, 2.05) is 38.4 Å². The van der Waals surface area contributed by atoms with E-state index in [1.165, 1.54) is 21.5 Å². The number of fused-ring (bicyclic) bond motifs is 1. The van der Waals surface area contributed by atoms with Gasteiger partial charge < -0.3 is 15.1 Å². The van der Waals surface area contributed by atoms with Gasteiger partial charge in [0.25, 0.3) is 0 Å². The molecule has 0 heterocycles. The summed E-state index contributed by atoms with van der Waals surface area (Å²) in [4.78, 5) is 16.0. The van der Waals surface area contributed by atoms with E-state index in [2.05, 4.69) is 66.8 Å². The van der Waals surface area contributed by atoms with Crippen molar-refractivity contribution in [2.75, 3.05) is 39.6 Å². The molecule has 0 radical (unpaired) electrons. The number of hydrogen-bond acceptors (Lipinski definition) is 2. The summed E-state index contributed by atoms with van der Waals surface area (Å²) >= 11 is 0. The van der Waals surface area contributed by atoms with E-state index in [4.69, 9.17) is 0 Å². The van der Waals surface area contributed by atoms with Gasteiger partial charge in [-0.2, -0.15) is 0 Å². The summed E-state index contributed by atoms with van der Waals surface area (Å²) in [6.07, 6.45) is 0.399. The number of quaternary nitrogens is 1. The smallest absolute Gasteiger partial charge is 0.224 e. The Bertz CT molecular complexity index is 927. The van der Waals surface area contributed by atoms with Gasteiger partial charge in [0.05, 0.1) is 27.1 Å². The molecule has 3 aromatic rings. The van der Waals surface area contributed by atoms with Crippen molar-refractivity contribution in [3.8, 4) is 0 Å². The summed E-state index contributed by atoms with van der Waals surface area (Å²) in [6.45, 7) is 0.618. The normalized spacial score (nSPS) is 12.2. The molecule has 2 N–H and O–H groups in total. The number of hydrogen-bond donors (Lipinski definition) is 2. The van der Waals surface area contributed by atoms with E-state index in [1.54, 1.807) is 0 Å². The molecule has 0 aromatic heterocycles. The second-order valence-electron chi connectivity index (χ2n) is 7.74. The first-order valence-electron chi connectivity index (χ1n) is 9.76. The highest BCUT2D eigenvalue weighted by molar-refractivity contribution is 5.90. The molecule has 0 bridgehead atoms. The minimum Gasteiger partial charge on any atom is -0.378 e. The third-order valence-corrected chi connectivity index (χ3v) is 5.24. The van der Waals surface area contributed by atoms with E-state index in [9.17, 15) is 4.79 Å². The lowest BCUT2D eigenvalue weighted by molar-refractivity contribution is -0.890. The molecule has 3 rings (SSSR count). The molecule has 0 saturated carbocycles. The van der Waals surface area contributed by atoms with Crippen molar-refractivity contribution in [3.63, 3.8) is 0 Å². The molecule has 0 fully saturated rings. The average Bonchev–Trinajstić information content (AvgIpc) is 2.68. The highest BCUT2D eigenvalue weighted by Crippen LogP contribution is 2.19. The lowest BCUT2D eigenvalue weighted by atomic mass is 10.0. The Hall–Kier alpha value is -2.85. The van der Waals surface area contributed by atoms with Gasteiger partial charge in [-0.25, -0.2) is 0 Å². The van der Waals surface area contributed by atoms with Crippen molar-refractivity contribution in [1.82, 2.24) is 5.32 Å². The number of carbonyl (C=O) groups is 1. The minimum absolute atomic E-state index is 0.0625. The molecule has 146 valence electrons. The van der Waals surface area contributed by atoms with Crippen LogP contribution in [0.5, 0.6) is 0 Å². The van der Waals surface area contributed by atoms with E-state index in [-0.39, 0.29) is 11.9 Å². The van der Waals surface area contributed by atoms with Gasteiger partial charge in [-0.3, -0.25) is 4.79 Å². The Balaban J connectivity index is 1.67. The molecule has 0 aliphatic heterocycles. The molecule has 4 nitrogen and oxygen atoms in total. The van der Waals surface area contributed by atoms with Gasteiger partial charge in [-0.05, 0) is 28.5 Å². The molecule has 0 spiro atoms. The first kappa shape index (κ1) is 19.9. The number of benzene rings is 3. The van der Waals surface area contributed by atoms with Gasteiger partial charge in [0.2, 0.25) is 5.91 Å². The van der Waals surface area contributed by atoms with Crippen molar-refractivity contribution in [3.05, 3.63) is 77.9 Å². The number of rotatable bonds is 7. The monoisotopic (exact) mass is 376 g/mol. The maximum absolute atomic E-state index is 12.6. The molecule has 4 heteroatoms. The predicted octanol–water partition coefficient (Wildman–Crippen LogP) is 2.45. The van der Waals surface area contributed by atoms with Gasteiger partial charge in [0, 0.05) is 25.3 Å². The van der Waals surface area contributed by atoms with Crippen molar-refractivity contribution in [2.24, 2.45) is 0 Å². The highest BCUT2D eigenvalue weighted by atomic mass is 16.1. The molecule has 0 aliphatic carbocycles. The molecule has 1 amide bonds. The highest BCUT2D eigenvalue weighted by Gasteiger charge is 2.19. The lowest BCUT2D eigenvalue weighted by Crippen LogP contribution is -3.07. The van der Waals surface area contributed by atoms with Crippen LogP contribution in [0.3, 0.4) is 0 Å². The van der Waals surface area contributed by atoms with Crippen LogP contribution in [0, 0.1) is 0 Å². The molecule has 0 aliphatic rings. The van der Waals surface area contributed by atoms with E-state index >= 15 is 0 Å². The predicted molar refractivity (Wildman–Crippen MR) is 117 cm³/mol. The van der Waals surface area contributed by atoms with Gasteiger partial charge >= 0.3 is 0 Å². The summed E-state index contributed by atoms with van der Waals surface area (Å²) in [7, 11) is 8.33. The largest absolute Gasteiger partial charge is 0.378 e. The van der Waals surface area contributed by atoms with Crippen LogP contribution in [-0.4, -0.2) is 40.6 Å². The van der Waals surface area contributed by atoms with Crippen molar-refractivity contribution in [2.45, 2.75) is 12.5 Å². The third-order valence-electron chi connectivity index (χ3n) is 5.24. The first-order chi connectivity index (χ1) is 13.5. The average molecular weight is 377 g/mol. The summed E-state index contributed by atoms with van der Waals surface area (Å²) in [6, 6.07) is 23.1. The van der Waals surface area contributed by atoms with Crippen LogP contribution < -0.4 is 15.1 Å². The number of carbonyl (C=O) groups excluding carboxylic acids is 1. The van der Waals surface area contributed by atoms with Crippen LogP contribution in [0.15, 0.2) is 66.7 Å². The second-order valence-corrected chi connectivity index (χ2v) is 7.74. The fourth-order valence-electron chi connectivity index (χ4n) is 3.56. The first-order valence-corrected chi connectivity index (χ1v) is 9.76. The third kappa shape index (κ3) is 4.70. The summed E-state index contributed by atoms with van der Waals surface area (Å²) in [5.74, 6) is 0.0625. The minimum atomic E-state index is 0.0625. The molecule has 3 aromatic carbocycles. The second kappa shape index (κ2) is 8.89. The molecule has 0 unspecified atom stereocenters. The van der Waals surface area contributed by atoms with Crippen LogP contribution in [0.1, 0.15) is 17.2 Å². The SMILES string of the molecule is CN(C)c1ccc([C@@H](CNC(=O)Cc2cccc3ccccc23)[NH+](C)C)cc1. The summed E-state index contributed by atoms with van der Waals surface area (Å²) < 4.78 is 0. The molecular formula is C24H30N3O+. The van der Waals surface area contributed by atoms with Crippen LogP contribution in [0.25, 0.3) is 10.8 Å². The Labute approximate surface area is 167 Å². The van der Waals surface area contributed by atoms with E-state index < -0.39 is 0 Å². The van der Waals surface area contributed by atoms with Crippen LogP contribution in [0.4, 0.5) is 5.69 Å². The topological polar surface area (TPSA) is 36.8 Å². The van der Waals surface area contributed by atoms with Gasteiger partial charge in [-0.15, -0.1) is 0 Å². The maximum atomic E-state index is 12.6. The number of amides is 1. The Morgan fingerprint density at radius 3 is 2.32 bits per heavy atom. The quantitative estimate of drug-likeness (QED) is 0.665. The van der Waals surface area contributed by atoms with Crippen LogP contribution in [0.2, 0.25) is 0 Å². The van der Waals surface area contributed by atoms with E-state index in [0.29, 0.717) is 13.0 Å². The van der Waals surface area contributed by atoms with E-state index in [0.717, 1.165) is 10.9 Å². The number of anilines is 1. The van der Waals surface area contributed by atoms with Crippen molar-refractivity contribution in [1.29, 1.82) is 0 Å². The summed E-state index contributed by atoms with van der Waals surface area (Å²) in [5.41, 5.74) is 3.48. The van der Waals surface area contributed by atoms with Gasteiger partial charge in [-0.1, -0.05) is 54.6 Å². The number of likely N-dealkylation sites (N-methyl/N-ethyl adjacent to an activating group) is 1. The Kier molecular flexibility index (Phi) is 6.32. The molecule has 0 saturated heterocycles. The molecule has 28 heavy (non-hydrogen) atoms. The summed E-state index contributed by atoms with van der Waals surface area (Å²) in [5, 5.41) is 5.46. The van der Waals surface area contributed by atoms with Crippen LogP contribution in [-0.2, 0) is 11.2 Å². The van der Waals surface area contributed by atoms with Crippen molar-refractivity contribution < 1.29 is 9.69 Å². The zero-order valence-electron chi connectivity index (χ0n) is 17.2. The van der Waals surface area contributed by atoms with Gasteiger partial charge in [0.15, 0.2) is 0 Å². The zero-order chi connectivity index (χ0) is 20.1. The van der Waals surface area contributed by atoms with Crippen LogP contribution >= 0.6 is 0 Å². The Morgan fingerprint density at radius 1 is 0.964 bits per heavy atom. The number of nitrogens with zero attached hydrogens (tertiary/aromatic N) is 1. The fourth-order valence-corrected chi connectivity index (χ4v) is 3.56. The lowest BCUT2D eigenvalue weighted by Gasteiger charge is -2.23. The Morgan fingerprint density at radius 2 is 1.64 bits per heavy atom. The molecule has 1 atom stereocenters. The zero-order valence-corrected chi connectivity index (χ0v) is 17.2. The van der Waals surface area contributed by atoms with Crippen molar-refractivity contribution >= 4 is 22.4 Å². The van der Waals surface area contributed by atoms with Gasteiger partial charge in [0.1, 0.15) is 6.04 Å². The standard InChI is InChI=1S/C24H29N3O/c1-26(2)21-14-12-19(13-15-21)23(27(3)4)17-25-24(28)16-20-10-7-9-18-8-5-6-11-22(18)20/h5-15,23H,16-17H2,1-4H3,(H,25,28)/p+1/t23-/m1/s1. The maximum Gasteiger partial charge on any atom is 0.224 e. The number of nitrogens with one attached hydrogen (secondary N) is 2. The fraction of sp³-hybridized carbons (Fsp3) is 0.292.